The predicted molar refractivity (Wildman–Crippen MR) is 108 cm³/mol. The van der Waals surface area contributed by atoms with Gasteiger partial charge in [-0.05, 0) is 49.9 Å². The van der Waals surface area contributed by atoms with Gasteiger partial charge < -0.3 is 20.4 Å². The van der Waals surface area contributed by atoms with Gasteiger partial charge in [0.1, 0.15) is 11.6 Å². The Balaban J connectivity index is 1.53. The lowest BCUT2D eigenvalue weighted by Crippen LogP contribution is -2.51. The molecule has 0 saturated carbocycles. The van der Waals surface area contributed by atoms with Gasteiger partial charge in [0.25, 0.3) is 0 Å². The van der Waals surface area contributed by atoms with Crippen LogP contribution in [0, 0.1) is 13.8 Å². The van der Waals surface area contributed by atoms with Crippen LogP contribution in [-0.2, 0) is 4.79 Å². The number of carbonyl (C=O) groups excluding carboxylic acids is 1. The first-order valence-corrected chi connectivity index (χ1v) is 9.53. The zero-order chi connectivity index (χ0) is 19.0. The number of nitrogens with zero attached hydrogens (tertiary/aromatic N) is 5. The molecule has 2 fully saturated rings. The number of hydrogen-bond acceptors (Lipinski definition) is 6. The van der Waals surface area contributed by atoms with E-state index in [1.807, 2.05) is 15.9 Å². The van der Waals surface area contributed by atoms with E-state index in [0.717, 1.165) is 30.4 Å². The lowest BCUT2D eigenvalue weighted by molar-refractivity contribution is -0.117. The second kappa shape index (κ2) is 7.06. The van der Waals surface area contributed by atoms with Gasteiger partial charge in [-0.15, -0.1) is 0 Å². The summed E-state index contributed by atoms with van der Waals surface area (Å²) in [6, 6.07) is 8.21. The molecule has 2 aliphatic rings. The van der Waals surface area contributed by atoms with Crippen molar-refractivity contribution in [1.29, 1.82) is 0 Å². The quantitative estimate of drug-likeness (QED) is 0.897. The molecule has 2 aromatic rings. The minimum atomic E-state index is 0.0751. The van der Waals surface area contributed by atoms with Crippen LogP contribution in [0.5, 0.6) is 0 Å². The summed E-state index contributed by atoms with van der Waals surface area (Å²) in [6.07, 6.45) is 2.35. The Morgan fingerprint density at radius 1 is 0.852 bits per heavy atom. The molecule has 1 aromatic carbocycles. The van der Waals surface area contributed by atoms with Gasteiger partial charge in [-0.1, -0.05) is 6.07 Å². The van der Waals surface area contributed by atoms with Crippen molar-refractivity contribution in [3.63, 3.8) is 0 Å². The third kappa shape index (κ3) is 3.67. The van der Waals surface area contributed by atoms with Gasteiger partial charge in [0.05, 0.1) is 6.54 Å². The molecule has 7 nitrogen and oxygen atoms in total. The smallest absolute Gasteiger partial charge is 0.246 e. The molecule has 0 radical (unpaired) electrons. The Morgan fingerprint density at radius 3 is 2.11 bits per heavy atom. The van der Waals surface area contributed by atoms with Crippen molar-refractivity contribution in [3.05, 3.63) is 35.4 Å². The van der Waals surface area contributed by atoms with Crippen LogP contribution in [0.15, 0.2) is 24.3 Å². The van der Waals surface area contributed by atoms with Crippen molar-refractivity contribution in [2.24, 2.45) is 0 Å². The van der Waals surface area contributed by atoms with Crippen LogP contribution in [0.3, 0.4) is 0 Å². The monoisotopic (exact) mass is 366 g/mol. The molecule has 0 aliphatic carbocycles. The summed E-state index contributed by atoms with van der Waals surface area (Å²) in [4.78, 5) is 27.7. The molecule has 2 saturated heterocycles. The van der Waals surface area contributed by atoms with E-state index < -0.39 is 0 Å². The molecule has 4 rings (SSSR count). The summed E-state index contributed by atoms with van der Waals surface area (Å²) >= 11 is 0. The average molecular weight is 366 g/mol. The van der Waals surface area contributed by atoms with Crippen molar-refractivity contribution >= 4 is 29.2 Å². The minimum absolute atomic E-state index is 0.0751. The van der Waals surface area contributed by atoms with Gasteiger partial charge in [0.15, 0.2) is 0 Å². The first kappa shape index (κ1) is 17.6. The van der Waals surface area contributed by atoms with E-state index in [0.29, 0.717) is 19.6 Å². The van der Waals surface area contributed by atoms with Crippen LogP contribution >= 0.6 is 0 Å². The number of aromatic nitrogens is 2. The number of aryl methyl sites for hydroxylation is 2. The molecule has 1 amide bonds. The topological polar surface area (TPSA) is 78.6 Å². The fourth-order valence-electron chi connectivity index (χ4n) is 3.96. The Morgan fingerprint density at radius 2 is 1.48 bits per heavy atom. The standard InChI is InChI=1S/C20H26N6O/c1-14-9-15(2)11-16(10-14)26-8-7-25(13-19(26)27)18-12-17(22-20(21)23-18)24-5-3-4-6-24/h9-12H,3-8,13H2,1-2H3,(H2,21,22,23). The number of rotatable bonds is 3. The highest BCUT2D eigenvalue weighted by Gasteiger charge is 2.27. The normalized spacial score (nSPS) is 17.7. The molecule has 0 unspecified atom stereocenters. The maximum atomic E-state index is 12.8. The number of anilines is 4. The summed E-state index contributed by atoms with van der Waals surface area (Å²) in [5, 5.41) is 0. The minimum Gasteiger partial charge on any atom is -0.368 e. The molecule has 2 N–H and O–H groups in total. The number of nitrogen functional groups attached to an aromatic ring is 1. The fourth-order valence-corrected chi connectivity index (χ4v) is 3.96. The van der Waals surface area contributed by atoms with Gasteiger partial charge >= 0.3 is 0 Å². The third-order valence-electron chi connectivity index (χ3n) is 5.21. The largest absolute Gasteiger partial charge is 0.368 e. The van der Waals surface area contributed by atoms with E-state index in [9.17, 15) is 4.79 Å². The third-order valence-corrected chi connectivity index (χ3v) is 5.21. The lowest BCUT2D eigenvalue weighted by atomic mass is 10.1. The lowest BCUT2D eigenvalue weighted by Gasteiger charge is -2.35. The fraction of sp³-hybridized carbons (Fsp3) is 0.450. The van der Waals surface area contributed by atoms with Crippen molar-refractivity contribution in [1.82, 2.24) is 9.97 Å². The molecule has 27 heavy (non-hydrogen) atoms. The summed E-state index contributed by atoms with van der Waals surface area (Å²) in [6.45, 7) is 7.74. The van der Waals surface area contributed by atoms with Crippen LogP contribution in [0.2, 0.25) is 0 Å². The second-order valence-corrected chi connectivity index (χ2v) is 7.45. The number of nitrogens with two attached hydrogens (primary N) is 1. The number of benzene rings is 1. The van der Waals surface area contributed by atoms with Gasteiger partial charge in [0, 0.05) is 37.9 Å². The average Bonchev–Trinajstić information content (AvgIpc) is 3.15. The summed E-state index contributed by atoms with van der Waals surface area (Å²) in [7, 11) is 0. The van der Waals surface area contributed by atoms with E-state index in [1.54, 1.807) is 0 Å². The Kier molecular flexibility index (Phi) is 4.59. The van der Waals surface area contributed by atoms with Crippen LogP contribution < -0.4 is 20.4 Å². The molecule has 142 valence electrons. The molecule has 0 bridgehead atoms. The summed E-state index contributed by atoms with van der Waals surface area (Å²) in [5.74, 6) is 1.93. The number of hydrogen-bond donors (Lipinski definition) is 1. The highest BCUT2D eigenvalue weighted by Crippen LogP contribution is 2.26. The molecule has 2 aliphatic heterocycles. The molecular weight excluding hydrogens is 340 g/mol. The molecule has 7 heteroatoms. The highest BCUT2D eigenvalue weighted by atomic mass is 16.2. The number of piperazine rings is 1. The molecule has 0 atom stereocenters. The van der Waals surface area contributed by atoms with Gasteiger partial charge in [0.2, 0.25) is 11.9 Å². The second-order valence-electron chi connectivity index (χ2n) is 7.45. The van der Waals surface area contributed by atoms with E-state index >= 15 is 0 Å². The Bertz CT molecular complexity index is 841. The Hall–Kier alpha value is -2.83. The van der Waals surface area contributed by atoms with Crippen LogP contribution in [-0.4, -0.2) is 48.6 Å². The van der Waals surface area contributed by atoms with Crippen molar-refractivity contribution in [3.8, 4) is 0 Å². The van der Waals surface area contributed by atoms with Crippen molar-refractivity contribution in [2.75, 3.05) is 53.2 Å². The van der Waals surface area contributed by atoms with Crippen LogP contribution in [0.4, 0.5) is 23.3 Å². The van der Waals surface area contributed by atoms with E-state index in [4.69, 9.17) is 5.73 Å². The SMILES string of the molecule is Cc1cc(C)cc(N2CCN(c3cc(N4CCCC4)nc(N)n3)CC2=O)c1. The first-order valence-electron chi connectivity index (χ1n) is 9.53. The van der Waals surface area contributed by atoms with Gasteiger partial charge in [-0.3, -0.25) is 4.79 Å². The number of carbonyl (C=O) groups is 1. The van der Waals surface area contributed by atoms with Crippen molar-refractivity contribution in [2.45, 2.75) is 26.7 Å². The highest BCUT2D eigenvalue weighted by molar-refractivity contribution is 5.97. The molecule has 0 spiro atoms. The molecule has 3 heterocycles. The van der Waals surface area contributed by atoms with Crippen LogP contribution in [0.1, 0.15) is 24.0 Å². The summed E-state index contributed by atoms with van der Waals surface area (Å²) in [5.41, 5.74) is 9.25. The van der Waals surface area contributed by atoms with Gasteiger partial charge in [-0.25, -0.2) is 0 Å². The number of amides is 1. The van der Waals surface area contributed by atoms with Gasteiger partial charge in [-0.2, -0.15) is 9.97 Å². The molecule has 1 aromatic heterocycles. The zero-order valence-electron chi connectivity index (χ0n) is 16.0. The van der Waals surface area contributed by atoms with E-state index in [2.05, 4.69) is 46.9 Å². The Labute approximate surface area is 159 Å². The maximum Gasteiger partial charge on any atom is 0.246 e. The van der Waals surface area contributed by atoms with Crippen LogP contribution in [0.25, 0.3) is 0 Å². The van der Waals surface area contributed by atoms with Crippen molar-refractivity contribution < 1.29 is 4.79 Å². The first-order chi connectivity index (χ1) is 13.0. The zero-order valence-corrected chi connectivity index (χ0v) is 16.0. The predicted octanol–water partition coefficient (Wildman–Crippen LogP) is 2.13. The van der Waals surface area contributed by atoms with E-state index in [-0.39, 0.29) is 11.9 Å². The summed E-state index contributed by atoms with van der Waals surface area (Å²) < 4.78 is 0. The van der Waals surface area contributed by atoms with E-state index in [1.165, 1.54) is 24.0 Å². The molecular formula is C20H26N6O. The maximum absolute atomic E-state index is 12.8.